The molecule has 1 aliphatic heterocycles. The van der Waals surface area contributed by atoms with E-state index in [0.29, 0.717) is 25.3 Å². The molecule has 1 saturated heterocycles. The normalized spacial score (nSPS) is 15.2. The molecule has 0 saturated carbocycles. The van der Waals surface area contributed by atoms with Crippen LogP contribution in [0.5, 0.6) is 0 Å². The van der Waals surface area contributed by atoms with Gasteiger partial charge in [0, 0.05) is 44.4 Å². The summed E-state index contributed by atoms with van der Waals surface area (Å²) < 4.78 is 0. The lowest BCUT2D eigenvalue weighted by Gasteiger charge is -2.36. The Morgan fingerprint density at radius 3 is 2.54 bits per heavy atom. The predicted molar refractivity (Wildman–Crippen MR) is 141 cm³/mol. The van der Waals surface area contributed by atoms with Crippen molar-refractivity contribution in [3.8, 4) is 0 Å². The summed E-state index contributed by atoms with van der Waals surface area (Å²) in [5.74, 6) is 0.0334. The highest BCUT2D eigenvalue weighted by molar-refractivity contribution is 7.98. The van der Waals surface area contributed by atoms with Gasteiger partial charge in [0.1, 0.15) is 11.1 Å². The maximum atomic E-state index is 13.2. The quantitative estimate of drug-likeness (QED) is 0.379. The van der Waals surface area contributed by atoms with Crippen molar-refractivity contribution in [2.24, 2.45) is 0 Å². The van der Waals surface area contributed by atoms with Crippen LogP contribution in [-0.2, 0) is 4.79 Å². The molecule has 0 aliphatic carbocycles. The number of rotatable bonds is 10. The predicted octanol–water partition coefficient (Wildman–Crippen LogP) is 3.96. The Labute approximate surface area is 214 Å². The molecule has 2 aromatic carbocycles. The summed E-state index contributed by atoms with van der Waals surface area (Å²) in [7, 11) is 0. The van der Waals surface area contributed by atoms with Gasteiger partial charge in [0.15, 0.2) is 0 Å². The van der Waals surface area contributed by atoms with Gasteiger partial charge in [-0.25, -0.2) is 0 Å². The average Bonchev–Trinajstić information content (AvgIpc) is 2.87. The summed E-state index contributed by atoms with van der Waals surface area (Å²) in [6.07, 6.45) is 6.63. The number of nitro groups is 1. The number of hydrogen-bond acceptors (Lipinski definition) is 6. The van der Waals surface area contributed by atoms with Gasteiger partial charge in [-0.15, -0.1) is 0 Å². The van der Waals surface area contributed by atoms with Gasteiger partial charge in [-0.2, -0.15) is 11.8 Å². The fourth-order valence-electron chi connectivity index (χ4n) is 3.80. The summed E-state index contributed by atoms with van der Waals surface area (Å²) >= 11 is 7.44. The van der Waals surface area contributed by atoms with Gasteiger partial charge in [-0.3, -0.25) is 24.6 Å². The van der Waals surface area contributed by atoms with Crippen molar-refractivity contribution in [2.45, 2.75) is 12.5 Å². The van der Waals surface area contributed by atoms with Crippen LogP contribution in [-0.4, -0.2) is 77.3 Å². The maximum Gasteiger partial charge on any atom is 0.288 e. The molecule has 1 fully saturated rings. The highest BCUT2D eigenvalue weighted by Gasteiger charge is 2.29. The Balaban J connectivity index is 1.57. The third-order valence-electron chi connectivity index (χ3n) is 5.78. The zero-order chi connectivity index (χ0) is 25.2. The van der Waals surface area contributed by atoms with Crippen molar-refractivity contribution in [1.29, 1.82) is 0 Å². The third-order valence-corrected chi connectivity index (χ3v) is 6.74. The van der Waals surface area contributed by atoms with Crippen LogP contribution >= 0.6 is 23.4 Å². The number of nitrogens with one attached hydrogen (secondary N) is 1. The lowest BCUT2D eigenvalue weighted by molar-refractivity contribution is -0.384. The van der Waals surface area contributed by atoms with Crippen LogP contribution in [0, 0.1) is 10.1 Å². The minimum absolute atomic E-state index is 0.0435. The first-order chi connectivity index (χ1) is 16.9. The van der Waals surface area contributed by atoms with Gasteiger partial charge in [-0.05, 0) is 36.1 Å². The van der Waals surface area contributed by atoms with Crippen LogP contribution in [0.4, 0.5) is 5.69 Å². The lowest BCUT2D eigenvalue weighted by Crippen LogP contribution is -2.55. The number of hydrogen-bond donors (Lipinski definition) is 1. The number of piperazine rings is 1. The monoisotopic (exact) mass is 516 g/mol. The number of amides is 2. The second-order valence-electron chi connectivity index (χ2n) is 8.17. The molecule has 10 heteroatoms. The number of carbonyl (C=O) groups excluding carboxylic acids is 2. The summed E-state index contributed by atoms with van der Waals surface area (Å²) in [6.45, 7) is 3.46. The van der Waals surface area contributed by atoms with Gasteiger partial charge in [0.05, 0.1) is 4.92 Å². The van der Waals surface area contributed by atoms with Gasteiger partial charge < -0.3 is 10.2 Å². The average molecular weight is 517 g/mol. The molecule has 0 radical (unpaired) electrons. The highest BCUT2D eigenvalue weighted by Crippen LogP contribution is 2.25. The van der Waals surface area contributed by atoms with Crippen LogP contribution in [0.3, 0.4) is 0 Å². The molecule has 1 heterocycles. The minimum atomic E-state index is -0.700. The third kappa shape index (κ3) is 7.81. The van der Waals surface area contributed by atoms with Crippen LogP contribution < -0.4 is 5.32 Å². The van der Waals surface area contributed by atoms with Gasteiger partial charge >= 0.3 is 0 Å². The van der Waals surface area contributed by atoms with Crippen molar-refractivity contribution in [3.63, 3.8) is 0 Å². The number of benzene rings is 2. The van der Waals surface area contributed by atoms with E-state index in [9.17, 15) is 19.7 Å². The van der Waals surface area contributed by atoms with E-state index in [1.807, 2.05) is 24.5 Å². The fraction of sp³-hybridized carbons (Fsp3) is 0.360. The highest BCUT2D eigenvalue weighted by atomic mass is 35.5. The van der Waals surface area contributed by atoms with Crippen LogP contribution in [0.15, 0.2) is 54.6 Å². The van der Waals surface area contributed by atoms with E-state index in [0.717, 1.165) is 31.3 Å². The minimum Gasteiger partial charge on any atom is -0.340 e. The van der Waals surface area contributed by atoms with Gasteiger partial charge in [0.2, 0.25) is 5.91 Å². The number of carbonyl (C=O) groups is 2. The van der Waals surface area contributed by atoms with Crippen molar-refractivity contribution in [3.05, 3.63) is 80.9 Å². The molecule has 1 N–H and O–H groups in total. The molecule has 0 bridgehead atoms. The molecule has 0 spiro atoms. The first kappa shape index (κ1) is 26.7. The fourth-order valence-corrected chi connectivity index (χ4v) is 4.46. The van der Waals surface area contributed by atoms with E-state index in [-0.39, 0.29) is 22.2 Å². The largest absolute Gasteiger partial charge is 0.340 e. The molecule has 3 rings (SSSR count). The number of nitro benzene ring substituents is 1. The summed E-state index contributed by atoms with van der Waals surface area (Å²) in [5, 5.41) is 13.9. The Hall–Kier alpha value is -2.88. The Morgan fingerprint density at radius 2 is 1.89 bits per heavy atom. The molecule has 0 unspecified atom stereocenters. The number of halogens is 1. The van der Waals surface area contributed by atoms with E-state index >= 15 is 0 Å². The molecule has 1 aliphatic rings. The molecule has 35 heavy (non-hydrogen) atoms. The molecular formula is C25H29ClN4O4S. The molecule has 2 amide bonds. The standard InChI is InChI=1S/C25H29ClN4O4S/c1-35-17-11-22(27-24(31)20-9-10-21(26)23(18-20)30(33)34)25(32)29-15-13-28(14-16-29)12-5-8-19-6-3-2-4-7-19/h2-10,18,22H,11-17H2,1H3,(H,27,31)/b8-5+/t22-/m1/s1. The Morgan fingerprint density at radius 1 is 1.17 bits per heavy atom. The molecule has 1 atom stereocenters. The van der Waals surface area contributed by atoms with Crippen molar-refractivity contribution >= 4 is 46.9 Å². The summed E-state index contributed by atoms with van der Waals surface area (Å²) in [6, 6.07) is 13.3. The SMILES string of the molecule is CSCC[C@@H](NC(=O)c1ccc(Cl)c([N+](=O)[O-])c1)C(=O)N1CCN(C/C=C/c2ccccc2)CC1. The van der Waals surface area contributed by atoms with E-state index in [1.54, 1.807) is 16.7 Å². The first-order valence-electron chi connectivity index (χ1n) is 11.4. The first-order valence-corrected chi connectivity index (χ1v) is 13.1. The van der Waals surface area contributed by atoms with Gasteiger partial charge in [-0.1, -0.05) is 54.1 Å². The van der Waals surface area contributed by atoms with Gasteiger partial charge in [0.25, 0.3) is 11.6 Å². The molecule has 0 aromatic heterocycles. The van der Waals surface area contributed by atoms with E-state index in [1.165, 1.54) is 12.1 Å². The molecule has 2 aromatic rings. The second kappa shape index (κ2) is 13.3. The number of thioether (sulfide) groups is 1. The van der Waals surface area contributed by atoms with E-state index in [4.69, 9.17) is 11.6 Å². The van der Waals surface area contributed by atoms with Crippen molar-refractivity contribution in [1.82, 2.24) is 15.1 Å². The van der Waals surface area contributed by atoms with Crippen molar-refractivity contribution < 1.29 is 14.5 Å². The zero-order valence-electron chi connectivity index (χ0n) is 19.6. The topological polar surface area (TPSA) is 95.8 Å². The second-order valence-corrected chi connectivity index (χ2v) is 9.56. The zero-order valence-corrected chi connectivity index (χ0v) is 21.1. The smallest absolute Gasteiger partial charge is 0.288 e. The van der Waals surface area contributed by atoms with Crippen LogP contribution in [0.2, 0.25) is 5.02 Å². The van der Waals surface area contributed by atoms with Crippen molar-refractivity contribution in [2.75, 3.05) is 44.7 Å². The van der Waals surface area contributed by atoms with Crippen LogP contribution in [0.25, 0.3) is 6.08 Å². The van der Waals surface area contributed by atoms with E-state index < -0.39 is 16.9 Å². The lowest BCUT2D eigenvalue weighted by atomic mass is 10.1. The number of nitrogens with zero attached hydrogens (tertiary/aromatic N) is 3. The Bertz CT molecular complexity index is 1060. The van der Waals surface area contributed by atoms with E-state index in [2.05, 4.69) is 34.5 Å². The maximum absolute atomic E-state index is 13.2. The summed E-state index contributed by atoms with van der Waals surface area (Å²) in [4.78, 5) is 40.6. The molecule has 8 nitrogen and oxygen atoms in total. The Kier molecular flexibility index (Phi) is 10.1. The summed E-state index contributed by atoms with van der Waals surface area (Å²) in [5.41, 5.74) is 0.904. The molecule has 186 valence electrons. The molecular weight excluding hydrogens is 488 g/mol. The van der Waals surface area contributed by atoms with Crippen LogP contribution in [0.1, 0.15) is 22.3 Å².